The van der Waals surface area contributed by atoms with Gasteiger partial charge in [-0.25, -0.2) is 4.39 Å². The molecule has 1 N–H and O–H groups in total. The number of Topliss-reactive ketones (excluding diaryl/α,β-unsaturated/α-hetero) is 1. The molecule has 124 valence electrons. The van der Waals surface area contributed by atoms with Crippen molar-refractivity contribution >= 4 is 16.7 Å². The average molecular weight is 334 g/mol. The number of nitrogens with one attached hydrogen (secondary N) is 1. The molecule has 0 amide bonds. The lowest BCUT2D eigenvalue weighted by molar-refractivity contribution is 0.102. The number of halogens is 1. The molecule has 0 spiro atoms. The number of H-pyrrole nitrogens is 1. The van der Waals surface area contributed by atoms with Gasteiger partial charge >= 0.3 is 0 Å². The van der Waals surface area contributed by atoms with E-state index in [-0.39, 0.29) is 11.6 Å². The van der Waals surface area contributed by atoms with E-state index in [2.05, 4.69) is 10.1 Å². The summed E-state index contributed by atoms with van der Waals surface area (Å²) in [7, 11) is 0. The zero-order valence-corrected chi connectivity index (χ0v) is 13.8. The van der Waals surface area contributed by atoms with Crippen LogP contribution in [-0.2, 0) is 0 Å². The predicted octanol–water partition coefficient (Wildman–Crippen LogP) is 5.14. The number of hydrogen-bond acceptors (Lipinski definition) is 3. The molecule has 0 aliphatic heterocycles. The summed E-state index contributed by atoms with van der Waals surface area (Å²) in [6, 6.07) is 14.0. The summed E-state index contributed by atoms with van der Waals surface area (Å²) >= 11 is 0. The first-order chi connectivity index (χ1) is 12.1. The van der Waals surface area contributed by atoms with Gasteiger partial charge in [0.25, 0.3) is 0 Å². The van der Waals surface area contributed by atoms with Crippen LogP contribution in [0.5, 0.6) is 0 Å². The van der Waals surface area contributed by atoms with Gasteiger partial charge in [0.2, 0.25) is 0 Å². The number of ketones is 1. The molecular formula is C20H15FN2O2. The Balaban J connectivity index is 2.05. The van der Waals surface area contributed by atoms with Crippen molar-refractivity contribution in [2.75, 3.05) is 0 Å². The van der Waals surface area contributed by atoms with Crippen LogP contribution < -0.4 is 0 Å². The average Bonchev–Trinajstić information content (AvgIpc) is 3.15. The van der Waals surface area contributed by atoms with E-state index in [0.29, 0.717) is 39.2 Å². The number of rotatable bonds is 3. The smallest absolute Gasteiger partial charge is 0.162 e. The number of carbonyl (C=O) groups is 1. The topological polar surface area (TPSA) is 58.9 Å². The minimum atomic E-state index is -0.383. The van der Waals surface area contributed by atoms with Crippen molar-refractivity contribution in [1.82, 2.24) is 10.1 Å². The lowest BCUT2D eigenvalue weighted by Crippen LogP contribution is -1.95. The van der Waals surface area contributed by atoms with E-state index < -0.39 is 0 Å². The molecule has 0 atom stereocenters. The minimum Gasteiger partial charge on any atom is -0.360 e. The summed E-state index contributed by atoms with van der Waals surface area (Å²) in [5.41, 5.74) is 3.99. The van der Waals surface area contributed by atoms with Crippen molar-refractivity contribution < 1.29 is 13.7 Å². The molecule has 0 saturated carbocycles. The molecule has 0 radical (unpaired) electrons. The van der Waals surface area contributed by atoms with Gasteiger partial charge in [0.1, 0.15) is 17.3 Å². The van der Waals surface area contributed by atoms with Crippen molar-refractivity contribution in [2.24, 2.45) is 0 Å². The number of nitrogens with zero attached hydrogens (tertiary/aromatic N) is 1. The largest absolute Gasteiger partial charge is 0.360 e. The maximum atomic E-state index is 13.7. The molecule has 4 rings (SSSR count). The summed E-state index contributed by atoms with van der Waals surface area (Å²) in [5.74, 6) is 0.0608. The fourth-order valence-corrected chi connectivity index (χ4v) is 3.18. The number of hydrogen-bond donors (Lipinski definition) is 1. The molecule has 2 heterocycles. The van der Waals surface area contributed by atoms with E-state index in [9.17, 15) is 9.18 Å². The third kappa shape index (κ3) is 2.45. The van der Waals surface area contributed by atoms with Crippen LogP contribution in [0.15, 0.2) is 53.1 Å². The van der Waals surface area contributed by atoms with Crippen LogP contribution >= 0.6 is 0 Å². The lowest BCUT2D eigenvalue weighted by Gasteiger charge is -2.03. The second-order valence-corrected chi connectivity index (χ2v) is 5.95. The van der Waals surface area contributed by atoms with Gasteiger partial charge < -0.3 is 9.51 Å². The molecule has 0 saturated heterocycles. The molecule has 0 bridgehead atoms. The Kier molecular flexibility index (Phi) is 3.50. The highest BCUT2D eigenvalue weighted by Gasteiger charge is 2.24. The first-order valence-corrected chi connectivity index (χ1v) is 7.90. The third-order valence-electron chi connectivity index (χ3n) is 4.27. The number of aromatic amines is 1. The molecule has 5 heteroatoms. The highest BCUT2D eigenvalue weighted by molar-refractivity contribution is 6.13. The minimum absolute atomic E-state index is 0.147. The zero-order chi connectivity index (χ0) is 17.6. The van der Waals surface area contributed by atoms with Crippen molar-refractivity contribution in [2.45, 2.75) is 13.8 Å². The monoisotopic (exact) mass is 334 g/mol. The van der Waals surface area contributed by atoms with Gasteiger partial charge in [-0.2, -0.15) is 0 Å². The van der Waals surface area contributed by atoms with Crippen LogP contribution in [0.4, 0.5) is 4.39 Å². The quantitative estimate of drug-likeness (QED) is 0.528. The maximum Gasteiger partial charge on any atom is 0.162 e. The maximum absolute atomic E-state index is 13.7. The number of fused-ring (bicyclic) bond motifs is 1. The lowest BCUT2D eigenvalue weighted by atomic mass is 9.98. The van der Waals surface area contributed by atoms with Gasteiger partial charge in [-0.05, 0) is 32.0 Å². The van der Waals surface area contributed by atoms with Crippen LogP contribution in [0.1, 0.15) is 23.0 Å². The van der Waals surface area contributed by atoms with Crippen molar-refractivity contribution in [3.63, 3.8) is 0 Å². The first kappa shape index (κ1) is 15.3. The first-order valence-electron chi connectivity index (χ1n) is 7.90. The SMILES string of the molecule is CC(=O)c1c(-c2c(-c3ccccc3)noc2C)[nH]c2ccc(F)cc12. The molecule has 0 aliphatic rings. The summed E-state index contributed by atoms with van der Waals surface area (Å²) in [6.07, 6.45) is 0. The second-order valence-electron chi connectivity index (χ2n) is 5.95. The number of carbonyl (C=O) groups excluding carboxylic acids is 1. The summed E-state index contributed by atoms with van der Waals surface area (Å²) < 4.78 is 19.1. The van der Waals surface area contributed by atoms with Gasteiger partial charge in [0.15, 0.2) is 5.78 Å². The van der Waals surface area contributed by atoms with E-state index >= 15 is 0 Å². The van der Waals surface area contributed by atoms with E-state index in [1.807, 2.05) is 30.3 Å². The predicted molar refractivity (Wildman–Crippen MR) is 93.9 cm³/mol. The Hall–Kier alpha value is -3.21. The van der Waals surface area contributed by atoms with E-state index in [1.165, 1.54) is 19.1 Å². The molecule has 4 nitrogen and oxygen atoms in total. The molecular weight excluding hydrogens is 319 g/mol. The van der Waals surface area contributed by atoms with Gasteiger partial charge in [-0.3, -0.25) is 4.79 Å². The highest BCUT2D eigenvalue weighted by atomic mass is 19.1. The molecule has 25 heavy (non-hydrogen) atoms. The van der Waals surface area contributed by atoms with Crippen molar-refractivity contribution in [3.8, 4) is 22.5 Å². The molecule has 0 fully saturated rings. The molecule has 0 aliphatic carbocycles. The Labute approximate surface area is 143 Å². The van der Waals surface area contributed by atoms with E-state index in [4.69, 9.17) is 4.52 Å². The van der Waals surface area contributed by atoms with Gasteiger partial charge in [-0.15, -0.1) is 0 Å². The highest BCUT2D eigenvalue weighted by Crippen LogP contribution is 2.38. The van der Waals surface area contributed by atoms with Crippen molar-refractivity contribution in [1.29, 1.82) is 0 Å². The number of aryl methyl sites for hydroxylation is 1. The van der Waals surface area contributed by atoms with Crippen LogP contribution in [0.3, 0.4) is 0 Å². The van der Waals surface area contributed by atoms with Gasteiger partial charge in [0, 0.05) is 16.5 Å². The molecule has 2 aromatic heterocycles. The Morgan fingerprint density at radius 3 is 2.64 bits per heavy atom. The van der Waals surface area contributed by atoms with Gasteiger partial charge in [-0.1, -0.05) is 35.5 Å². The Morgan fingerprint density at radius 2 is 1.92 bits per heavy atom. The fourth-order valence-electron chi connectivity index (χ4n) is 3.18. The summed E-state index contributed by atoms with van der Waals surface area (Å²) in [4.78, 5) is 15.6. The van der Waals surface area contributed by atoms with Crippen LogP contribution in [-0.4, -0.2) is 15.9 Å². The second kappa shape index (κ2) is 5.70. The normalized spacial score (nSPS) is 11.2. The van der Waals surface area contributed by atoms with Crippen LogP contribution in [0, 0.1) is 12.7 Å². The van der Waals surface area contributed by atoms with Crippen molar-refractivity contribution in [3.05, 3.63) is 65.7 Å². The molecule has 0 unspecified atom stereocenters. The third-order valence-corrected chi connectivity index (χ3v) is 4.27. The summed E-state index contributed by atoms with van der Waals surface area (Å²) in [6.45, 7) is 3.27. The standard InChI is InChI=1S/C20H15FN2O2/c1-11(24)17-15-10-14(21)8-9-16(15)22-20(17)18-12(2)25-23-19(18)13-6-4-3-5-7-13/h3-10,22H,1-2H3. The number of benzene rings is 2. The molecule has 2 aromatic carbocycles. The Morgan fingerprint density at radius 1 is 1.16 bits per heavy atom. The fraction of sp³-hybridized carbons (Fsp3) is 0.100. The number of aromatic nitrogens is 2. The van der Waals surface area contributed by atoms with Gasteiger partial charge in [0.05, 0.1) is 16.8 Å². The van der Waals surface area contributed by atoms with Crippen LogP contribution in [0.25, 0.3) is 33.4 Å². The molecule has 4 aromatic rings. The van der Waals surface area contributed by atoms with Crippen LogP contribution in [0.2, 0.25) is 0 Å². The van der Waals surface area contributed by atoms with E-state index in [1.54, 1.807) is 13.0 Å². The Bertz CT molecular complexity index is 1090. The van der Waals surface area contributed by atoms with E-state index in [0.717, 1.165) is 5.56 Å². The summed E-state index contributed by atoms with van der Waals surface area (Å²) in [5, 5.41) is 4.73. The zero-order valence-electron chi connectivity index (χ0n) is 13.8.